The molecule has 4 heteroatoms. The van der Waals surface area contributed by atoms with E-state index in [-0.39, 0.29) is 5.91 Å². The number of rotatable bonds is 5. The van der Waals surface area contributed by atoms with Gasteiger partial charge in [0, 0.05) is 30.4 Å². The van der Waals surface area contributed by atoms with Gasteiger partial charge in [0.25, 0.3) is 5.91 Å². The van der Waals surface area contributed by atoms with Gasteiger partial charge in [0.05, 0.1) is 0 Å². The van der Waals surface area contributed by atoms with Gasteiger partial charge in [0.15, 0.2) is 0 Å². The molecule has 18 heavy (non-hydrogen) atoms. The minimum atomic E-state index is -0.0174. The highest BCUT2D eigenvalue weighted by molar-refractivity contribution is 7.99. The number of thioether (sulfide) groups is 1. The smallest absolute Gasteiger partial charge is 0.267 e. The number of carbonyl (C=O) groups is 1. The predicted octanol–water partition coefficient (Wildman–Crippen LogP) is 2.55. The van der Waals surface area contributed by atoms with Crippen molar-refractivity contribution in [3.63, 3.8) is 0 Å². The molecular formula is C14H16N2OS. The minimum absolute atomic E-state index is 0.0174. The third-order valence-corrected chi connectivity index (χ3v) is 3.59. The lowest BCUT2D eigenvalue weighted by Gasteiger charge is -2.06. The zero-order valence-corrected chi connectivity index (χ0v) is 11.1. The zero-order chi connectivity index (χ0) is 12.8. The van der Waals surface area contributed by atoms with Gasteiger partial charge in [-0.1, -0.05) is 18.2 Å². The van der Waals surface area contributed by atoms with E-state index in [1.54, 1.807) is 11.8 Å². The van der Waals surface area contributed by atoms with Crippen LogP contribution in [0.1, 0.15) is 10.5 Å². The molecule has 0 fully saturated rings. The molecule has 0 bridgehead atoms. The number of nitrogens with zero attached hydrogens (tertiary/aromatic N) is 1. The van der Waals surface area contributed by atoms with Crippen LogP contribution in [0.5, 0.6) is 0 Å². The third kappa shape index (κ3) is 3.40. The highest BCUT2D eigenvalue weighted by atomic mass is 32.2. The van der Waals surface area contributed by atoms with Crippen molar-refractivity contribution in [2.45, 2.75) is 4.90 Å². The van der Waals surface area contributed by atoms with Crippen LogP contribution in [0.4, 0.5) is 0 Å². The Morgan fingerprint density at radius 1 is 1.22 bits per heavy atom. The van der Waals surface area contributed by atoms with E-state index in [0.29, 0.717) is 12.2 Å². The van der Waals surface area contributed by atoms with Gasteiger partial charge in [-0.2, -0.15) is 0 Å². The van der Waals surface area contributed by atoms with Crippen molar-refractivity contribution >= 4 is 17.7 Å². The van der Waals surface area contributed by atoms with Crippen molar-refractivity contribution in [3.05, 3.63) is 54.4 Å². The summed E-state index contributed by atoms with van der Waals surface area (Å²) in [4.78, 5) is 13.0. The summed E-state index contributed by atoms with van der Waals surface area (Å²) in [7, 11) is 1.87. The van der Waals surface area contributed by atoms with Crippen LogP contribution in [-0.4, -0.2) is 22.8 Å². The van der Waals surface area contributed by atoms with E-state index in [1.165, 1.54) is 4.90 Å². The Morgan fingerprint density at radius 2 is 2.00 bits per heavy atom. The Bertz CT molecular complexity index is 508. The normalized spacial score (nSPS) is 10.3. The van der Waals surface area contributed by atoms with E-state index >= 15 is 0 Å². The molecule has 1 N–H and O–H groups in total. The van der Waals surface area contributed by atoms with E-state index in [1.807, 2.05) is 48.1 Å². The van der Waals surface area contributed by atoms with E-state index in [2.05, 4.69) is 17.4 Å². The summed E-state index contributed by atoms with van der Waals surface area (Å²) in [5.74, 6) is 0.858. The van der Waals surface area contributed by atoms with Gasteiger partial charge >= 0.3 is 0 Å². The third-order valence-electron chi connectivity index (χ3n) is 2.58. The average Bonchev–Trinajstić information content (AvgIpc) is 2.82. The number of carbonyl (C=O) groups excluding carboxylic acids is 1. The summed E-state index contributed by atoms with van der Waals surface area (Å²) in [6.45, 7) is 0.670. The van der Waals surface area contributed by atoms with Crippen molar-refractivity contribution in [3.8, 4) is 0 Å². The second-order valence-corrected chi connectivity index (χ2v) is 5.09. The Kier molecular flexibility index (Phi) is 4.47. The Morgan fingerprint density at radius 3 is 2.67 bits per heavy atom. The SMILES string of the molecule is Cn1cccc1C(=O)NCCSc1ccccc1. The number of amides is 1. The van der Waals surface area contributed by atoms with Crippen molar-refractivity contribution in [1.29, 1.82) is 0 Å². The van der Waals surface area contributed by atoms with Crippen molar-refractivity contribution in [2.24, 2.45) is 7.05 Å². The van der Waals surface area contributed by atoms with Crippen LogP contribution in [0.25, 0.3) is 0 Å². The summed E-state index contributed by atoms with van der Waals surface area (Å²) in [5, 5.41) is 2.92. The molecule has 0 saturated heterocycles. The first-order chi connectivity index (χ1) is 8.77. The van der Waals surface area contributed by atoms with Gasteiger partial charge in [0.2, 0.25) is 0 Å². The Balaban J connectivity index is 1.73. The molecule has 94 valence electrons. The molecule has 1 aromatic carbocycles. The number of aromatic nitrogens is 1. The predicted molar refractivity (Wildman–Crippen MR) is 74.9 cm³/mol. The van der Waals surface area contributed by atoms with Crippen LogP contribution >= 0.6 is 11.8 Å². The number of hydrogen-bond acceptors (Lipinski definition) is 2. The molecule has 1 amide bonds. The lowest BCUT2D eigenvalue weighted by molar-refractivity contribution is 0.0948. The summed E-state index contributed by atoms with van der Waals surface area (Å²) < 4.78 is 1.82. The largest absolute Gasteiger partial charge is 0.350 e. The van der Waals surface area contributed by atoms with Gasteiger partial charge in [-0.3, -0.25) is 4.79 Å². The van der Waals surface area contributed by atoms with Gasteiger partial charge in [-0.05, 0) is 24.3 Å². The van der Waals surface area contributed by atoms with Crippen LogP contribution in [-0.2, 0) is 7.05 Å². The minimum Gasteiger partial charge on any atom is -0.350 e. The van der Waals surface area contributed by atoms with E-state index in [9.17, 15) is 4.79 Å². The van der Waals surface area contributed by atoms with E-state index < -0.39 is 0 Å². The van der Waals surface area contributed by atoms with Crippen LogP contribution < -0.4 is 5.32 Å². The second-order valence-electron chi connectivity index (χ2n) is 3.92. The summed E-state index contributed by atoms with van der Waals surface area (Å²) in [6.07, 6.45) is 1.87. The lowest BCUT2D eigenvalue weighted by Crippen LogP contribution is -2.27. The molecular weight excluding hydrogens is 244 g/mol. The molecule has 2 rings (SSSR count). The Hall–Kier alpha value is -1.68. The molecule has 0 radical (unpaired) electrons. The lowest BCUT2D eigenvalue weighted by atomic mass is 10.4. The van der Waals surface area contributed by atoms with Gasteiger partial charge in [-0.15, -0.1) is 11.8 Å². The maximum absolute atomic E-state index is 11.8. The van der Waals surface area contributed by atoms with Crippen molar-refractivity contribution in [2.75, 3.05) is 12.3 Å². The highest BCUT2D eigenvalue weighted by Crippen LogP contribution is 2.15. The van der Waals surface area contributed by atoms with E-state index in [0.717, 1.165) is 5.75 Å². The number of hydrogen-bond donors (Lipinski definition) is 1. The van der Waals surface area contributed by atoms with Gasteiger partial charge < -0.3 is 9.88 Å². The van der Waals surface area contributed by atoms with Crippen molar-refractivity contribution < 1.29 is 4.79 Å². The molecule has 0 atom stereocenters. The van der Waals surface area contributed by atoms with Gasteiger partial charge in [-0.25, -0.2) is 0 Å². The summed E-state index contributed by atoms with van der Waals surface area (Å²) >= 11 is 1.74. The maximum atomic E-state index is 11.8. The standard InChI is InChI=1S/C14H16N2OS/c1-16-10-5-8-13(16)14(17)15-9-11-18-12-6-3-2-4-7-12/h2-8,10H,9,11H2,1H3,(H,15,17). The molecule has 0 aliphatic heterocycles. The second kappa shape index (κ2) is 6.31. The van der Waals surface area contributed by atoms with Crippen LogP contribution in [0.15, 0.2) is 53.6 Å². The fourth-order valence-corrected chi connectivity index (χ4v) is 2.43. The number of aryl methyl sites for hydroxylation is 1. The first-order valence-corrected chi connectivity index (χ1v) is 6.83. The van der Waals surface area contributed by atoms with Gasteiger partial charge in [0.1, 0.15) is 5.69 Å². The molecule has 0 aliphatic carbocycles. The number of nitrogens with one attached hydrogen (secondary N) is 1. The average molecular weight is 260 g/mol. The fraction of sp³-hybridized carbons (Fsp3) is 0.214. The zero-order valence-electron chi connectivity index (χ0n) is 10.3. The van der Waals surface area contributed by atoms with Crippen molar-refractivity contribution in [1.82, 2.24) is 9.88 Å². The molecule has 2 aromatic rings. The molecule has 0 aliphatic rings. The molecule has 1 aromatic heterocycles. The summed E-state index contributed by atoms with van der Waals surface area (Å²) in [6, 6.07) is 13.9. The molecule has 3 nitrogen and oxygen atoms in total. The van der Waals surface area contributed by atoms with E-state index in [4.69, 9.17) is 0 Å². The van der Waals surface area contributed by atoms with Crippen LogP contribution in [0.2, 0.25) is 0 Å². The molecule has 0 spiro atoms. The van der Waals surface area contributed by atoms with Crippen LogP contribution in [0.3, 0.4) is 0 Å². The highest BCUT2D eigenvalue weighted by Gasteiger charge is 2.07. The maximum Gasteiger partial charge on any atom is 0.267 e. The molecule has 1 heterocycles. The summed E-state index contributed by atoms with van der Waals surface area (Å²) in [5.41, 5.74) is 0.694. The topological polar surface area (TPSA) is 34.0 Å². The Labute approximate surface area is 111 Å². The first kappa shape index (κ1) is 12.8. The first-order valence-electron chi connectivity index (χ1n) is 5.85. The number of benzene rings is 1. The monoisotopic (exact) mass is 260 g/mol. The molecule has 0 saturated carbocycles. The fourth-order valence-electron chi connectivity index (χ4n) is 1.64. The quantitative estimate of drug-likeness (QED) is 0.662. The molecule has 0 unspecified atom stereocenters. The van der Waals surface area contributed by atoms with Crippen LogP contribution in [0, 0.1) is 0 Å².